The topological polar surface area (TPSA) is 101 Å². The molecule has 0 aromatic heterocycles. The third kappa shape index (κ3) is 7.55. The van der Waals surface area contributed by atoms with E-state index in [0.717, 1.165) is 25.3 Å². The van der Waals surface area contributed by atoms with E-state index in [1.165, 1.54) is 31.4 Å². The summed E-state index contributed by atoms with van der Waals surface area (Å²) in [6.45, 7) is 2.16. The highest BCUT2D eigenvalue weighted by molar-refractivity contribution is 7.85. The molecule has 1 unspecified atom stereocenters. The number of ketones is 1. The monoisotopic (exact) mass is 434 g/mol. The normalized spacial score (nSPS) is 12.5. The third-order valence-corrected chi connectivity index (χ3v) is 5.70. The second-order valence-electron chi connectivity index (χ2n) is 7.35. The highest BCUT2D eigenvalue weighted by atomic mass is 32.2. The lowest BCUT2D eigenvalue weighted by molar-refractivity contribution is 0.0939. The van der Waals surface area contributed by atoms with Gasteiger partial charge in [0.25, 0.3) is 10.1 Å². The van der Waals surface area contributed by atoms with Crippen molar-refractivity contribution in [1.82, 2.24) is 0 Å². The van der Waals surface area contributed by atoms with Gasteiger partial charge in [0, 0.05) is 5.56 Å². The van der Waals surface area contributed by atoms with Crippen molar-refractivity contribution in [1.29, 1.82) is 0 Å². The van der Waals surface area contributed by atoms with Gasteiger partial charge in [0.2, 0.25) is 0 Å². The number of benzene rings is 2. The molecule has 0 heterocycles. The van der Waals surface area contributed by atoms with Crippen LogP contribution in [0.25, 0.3) is 0 Å². The number of rotatable bonds is 13. The molecule has 0 saturated heterocycles. The zero-order chi connectivity index (χ0) is 22.0. The van der Waals surface area contributed by atoms with Crippen LogP contribution in [0.4, 0.5) is 0 Å². The minimum absolute atomic E-state index is 0.00471. The predicted octanol–water partition coefficient (Wildman–Crippen LogP) is 4.65. The van der Waals surface area contributed by atoms with E-state index < -0.39 is 22.0 Å². The highest BCUT2D eigenvalue weighted by Gasteiger charge is 2.20. The van der Waals surface area contributed by atoms with Gasteiger partial charge in [0.05, 0.1) is 16.6 Å². The molecule has 1 atom stereocenters. The first-order chi connectivity index (χ1) is 14.3. The van der Waals surface area contributed by atoms with E-state index >= 15 is 0 Å². The second kappa shape index (κ2) is 11.8. The van der Waals surface area contributed by atoms with Crippen LogP contribution < -0.4 is 4.74 Å². The molecule has 0 fully saturated rings. The molecular formula is C23H30O6S. The zero-order valence-corrected chi connectivity index (χ0v) is 18.1. The van der Waals surface area contributed by atoms with Gasteiger partial charge in [-0.1, -0.05) is 75.8 Å². The van der Waals surface area contributed by atoms with Gasteiger partial charge in [0.1, 0.15) is 12.4 Å². The van der Waals surface area contributed by atoms with E-state index in [1.54, 1.807) is 30.3 Å². The molecule has 2 N–H and O–H groups in total. The number of hydrogen-bond acceptors (Lipinski definition) is 5. The summed E-state index contributed by atoms with van der Waals surface area (Å²) in [5.74, 6) is -0.264. The molecule has 0 aliphatic rings. The number of hydrogen-bond donors (Lipinski definition) is 2. The Bertz CT molecular complexity index is 909. The summed E-state index contributed by atoms with van der Waals surface area (Å²) >= 11 is 0. The Morgan fingerprint density at radius 2 is 1.67 bits per heavy atom. The van der Waals surface area contributed by atoms with E-state index in [2.05, 4.69) is 6.92 Å². The van der Waals surface area contributed by atoms with Crippen LogP contribution in [0.1, 0.15) is 67.8 Å². The Hall–Kier alpha value is -2.22. The number of ether oxygens (including phenoxy) is 1. The molecule has 0 radical (unpaired) electrons. The minimum atomic E-state index is -4.47. The molecular weight excluding hydrogens is 404 g/mol. The van der Waals surface area contributed by atoms with Crippen LogP contribution in [0, 0.1) is 0 Å². The summed E-state index contributed by atoms with van der Waals surface area (Å²) < 4.78 is 38.0. The lowest BCUT2D eigenvalue weighted by Gasteiger charge is -2.15. The Kier molecular flexibility index (Phi) is 9.49. The van der Waals surface area contributed by atoms with Gasteiger partial charge < -0.3 is 9.84 Å². The molecule has 2 rings (SSSR count). The van der Waals surface area contributed by atoms with Crippen molar-refractivity contribution in [2.75, 3.05) is 6.61 Å². The molecule has 2 aromatic carbocycles. The van der Waals surface area contributed by atoms with E-state index in [1.807, 2.05) is 0 Å². The van der Waals surface area contributed by atoms with Gasteiger partial charge in [-0.15, -0.1) is 0 Å². The molecule has 0 amide bonds. The number of aliphatic hydroxyl groups is 1. The molecule has 0 saturated carbocycles. The van der Waals surface area contributed by atoms with E-state index in [9.17, 15) is 22.9 Å². The first kappa shape index (κ1) is 24.1. The average molecular weight is 435 g/mol. The van der Waals surface area contributed by atoms with Gasteiger partial charge >= 0.3 is 0 Å². The lowest BCUT2D eigenvalue weighted by Crippen LogP contribution is -2.18. The van der Waals surface area contributed by atoms with Crippen LogP contribution in [0.3, 0.4) is 0 Å². The minimum Gasteiger partial charge on any atom is -0.490 e. The summed E-state index contributed by atoms with van der Waals surface area (Å²) in [4.78, 5) is 12.5. The van der Waals surface area contributed by atoms with Crippen LogP contribution in [0.5, 0.6) is 5.75 Å². The molecule has 0 bridgehead atoms. The molecule has 164 valence electrons. The fourth-order valence-corrected chi connectivity index (χ4v) is 3.65. The van der Waals surface area contributed by atoms with Gasteiger partial charge in [-0.3, -0.25) is 9.35 Å². The smallest absolute Gasteiger partial charge is 0.294 e. The van der Waals surface area contributed by atoms with Crippen molar-refractivity contribution in [2.24, 2.45) is 0 Å². The number of carbonyl (C=O) groups is 1. The number of aliphatic hydroxyl groups excluding tert-OH is 1. The molecule has 6 nitrogen and oxygen atoms in total. The second-order valence-corrected chi connectivity index (χ2v) is 8.77. The maximum atomic E-state index is 12.9. The molecule has 0 aliphatic carbocycles. The van der Waals surface area contributed by atoms with Crippen molar-refractivity contribution < 1.29 is 27.6 Å². The quantitative estimate of drug-likeness (QED) is 0.270. The Balaban J connectivity index is 2.07. The lowest BCUT2D eigenvalue weighted by atomic mass is 10.0. The Morgan fingerprint density at radius 3 is 2.33 bits per heavy atom. The maximum absolute atomic E-state index is 12.9. The third-order valence-electron chi connectivity index (χ3n) is 4.85. The van der Waals surface area contributed by atoms with E-state index in [4.69, 9.17) is 4.74 Å². The summed E-state index contributed by atoms with van der Waals surface area (Å²) in [6.07, 6.45) is 6.63. The number of unbranched alkanes of at least 4 members (excludes halogenated alkanes) is 5. The SMILES string of the molecule is CCCCCCCCC(O)COc1ccc(S(=O)(=O)O)cc1C(=O)c1ccccc1. The van der Waals surface area contributed by atoms with Crippen LogP contribution in [-0.4, -0.2) is 36.6 Å². The predicted molar refractivity (Wildman–Crippen MR) is 116 cm³/mol. The standard InChI is InChI=1S/C23H30O6S/c1-2-3-4-5-6-10-13-19(24)17-29-22-15-14-20(30(26,27)28)16-21(22)23(25)18-11-8-7-9-12-18/h7-9,11-12,14-16,19,24H,2-6,10,13,17H2,1H3,(H,26,27,28). The van der Waals surface area contributed by atoms with Crippen molar-refractivity contribution in [2.45, 2.75) is 62.9 Å². The molecule has 30 heavy (non-hydrogen) atoms. The van der Waals surface area contributed by atoms with Crippen LogP contribution in [0.2, 0.25) is 0 Å². The molecule has 0 spiro atoms. The zero-order valence-electron chi connectivity index (χ0n) is 17.3. The molecule has 7 heteroatoms. The summed E-state index contributed by atoms with van der Waals surface area (Å²) in [6, 6.07) is 12.0. The Morgan fingerprint density at radius 1 is 1.00 bits per heavy atom. The van der Waals surface area contributed by atoms with Crippen molar-refractivity contribution in [3.8, 4) is 5.75 Å². The van der Waals surface area contributed by atoms with Gasteiger partial charge in [-0.2, -0.15) is 8.42 Å². The summed E-state index contributed by atoms with van der Waals surface area (Å²) in [5.41, 5.74) is 0.380. The van der Waals surface area contributed by atoms with Crippen LogP contribution in [0.15, 0.2) is 53.4 Å². The molecule has 2 aromatic rings. The average Bonchev–Trinajstić information content (AvgIpc) is 2.74. The largest absolute Gasteiger partial charge is 0.490 e. The van der Waals surface area contributed by atoms with E-state index in [0.29, 0.717) is 12.0 Å². The first-order valence-electron chi connectivity index (χ1n) is 10.3. The van der Waals surface area contributed by atoms with Gasteiger partial charge in [-0.05, 0) is 24.6 Å². The fraction of sp³-hybridized carbons (Fsp3) is 0.435. The van der Waals surface area contributed by atoms with Crippen LogP contribution >= 0.6 is 0 Å². The van der Waals surface area contributed by atoms with Crippen molar-refractivity contribution in [3.05, 3.63) is 59.7 Å². The Labute approximate surface area is 178 Å². The maximum Gasteiger partial charge on any atom is 0.294 e. The molecule has 0 aliphatic heterocycles. The summed E-state index contributed by atoms with van der Waals surface area (Å²) in [5, 5.41) is 10.2. The van der Waals surface area contributed by atoms with Crippen LogP contribution in [-0.2, 0) is 10.1 Å². The number of carbonyl (C=O) groups excluding carboxylic acids is 1. The van der Waals surface area contributed by atoms with Crippen molar-refractivity contribution in [3.63, 3.8) is 0 Å². The van der Waals surface area contributed by atoms with E-state index in [-0.39, 0.29) is 22.8 Å². The van der Waals surface area contributed by atoms with Gasteiger partial charge in [0.15, 0.2) is 5.78 Å². The summed E-state index contributed by atoms with van der Waals surface area (Å²) in [7, 11) is -4.47. The van der Waals surface area contributed by atoms with Gasteiger partial charge in [-0.25, -0.2) is 0 Å². The van der Waals surface area contributed by atoms with Crippen molar-refractivity contribution >= 4 is 15.9 Å². The fourth-order valence-electron chi connectivity index (χ4n) is 3.15. The first-order valence-corrected chi connectivity index (χ1v) is 11.8. The highest BCUT2D eigenvalue weighted by Crippen LogP contribution is 2.26.